The molecule has 1 aliphatic rings. The van der Waals surface area contributed by atoms with Crippen LogP contribution in [-0.2, 0) is 0 Å². The van der Waals surface area contributed by atoms with Crippen molar-refractivity contribution >= 4 is 23.5 Å². The van der Waals surface area contributed by atoms with E-state index in [1.165, 1.54) is 6.21 Å². The number of rotatable bonds is 6. The normalized spacial score (nSPS) is 13.7. The SMILES string of the molecule is N=Cc1cnc(-c2cncc(NC3CNC3)n2)cc1Nc1ccccn1. The number of pyridine rings is 2. The summed E-state index contributed by atoms with van der Waals surface area (Å²) in [7, 11) is 0. The van der Waals surface area contributed by atoms with Crippen LogP contribution in [0, 0.1) is 5.41 Å². The van der Waals surface area contributed by atoms with Crippen molar-refractivity contribution in [3.63, 3.8) is 0 Å². The van der Waals surface area contributed by atoms with Crippen molar-refractivity contribution in [2.45, 2.75) is 6.04 Å². The number of nitrogens with one attached hydrogen (secondary N) is 4. The molecule has 3 aromatic heterocycles. The van der Waals surface area contributed by atoms with Crippen LogP contribution >= 0.6 is 0 Å². The Morgan fingerprint density at radius 1 is 1.08 bits per heavy atom. The van der Waals surface area contributed by atoms with Gasteiger partial charge >= 0.3 is 0 Å². The smallest absolute Gasteiger partial charge is 0.145 e. The molecule has 8 heteroatoms. The van der Waals surface area contributed by atoms with Gasteiger partial charge in [0, 0.05) is 37.3 Å². The molecule has 3 aromatic rings. The molecule has 0 aliphatic carbocycles. The van der Waals surface area contributed by atoms with Gasteiger partial charge in [-0.05, 0) is 18.2 Å². The molecular formula is C18H18N8. The monoisotopic (exact) mass is 346 g/mol. The minimum absolute atomic E-state index is 0.384. The maximum atomic E-state index is 7.59. The number of hydrogen-bond donors (Lipinski definition) is 4. The summed E-state index contributed by atoms with van der Waals surface area (Å²) in [5.74, 6) is 1.43. The first-order chi connectivity index (χ1) is 12.8. The first-order valence-electron chi connectivity index (χ1n) is 8.30. The highest BCUT2D eigenvalue weighted by Crippen LogP contribution is 2.24. The average molecular weight is 346 g/mol. The number of hydrogen-bond acceptors (Lipinski definition) is 8. The van der Waals surface area contributed by atoms with Crippen molar-refractivity contribution in [3.8, 4) is 11.4 Å². The Hall–Kier alpha value is -3.39. The minimum atomic E-state index is 0.384. The van der Waals surface area contributed by atoms with Crippen molar-refractivity contribution < 1.29 is 0 Å². The molecular weight excluding hydrogens is 328 g/mol. The predicted molar refractivity (Wildman–Crippen MR) is 101 cm³/mol. The van der Waals surface area contributed by atoms with Gasteiger partial charge in [-0.15, -0.1) is 0 Å². The standard InChI is InChI=1S/C18H18N8/c19-6-12-7-23-15(5-14(12)25-17-3-1-2-4-22-17)16-10-21-11-18(26-16)24-13-8-20-9-13/h1-7,10-11,13,19-20H,8-9H2,(H,24,26)(H,22,23,25). The van der Waals surface area contributed by atoms with E-state index in [0.717, 1.165) is 24.6 Å². The van der Waals surface area contributed by atoms with Crippen LogP contribution in [0.3, 0.4) is 0 Å². The fourth-order valence-electron chi connectivity index (χ4n) is 2.56. The van der Waals surface area contributed by atoms with Gasteiger partial charge in [0.2, 0.25) is 0 Å². The van der Waals surface area contributed by atoms with Gasteiger partial charge in [0.05, 0.1) is 29.8 Å². The third kappa shape index (κ3) is 3.50. The van der Waals surface area contributed by atoms with Gasteiger partial charge in [-0.25, -0.2) is 9.97 Å². The molecule has 0 radical (unpaired) electrons. The average Bonchev–Trinajstić information content (AvgIpc) is 2.66. The van der Waals surface area contributed by atoms with Gasteiger partial charge in [-0.1, -0.05) is 6.07 Å². The summed E-state index contributed by atoms with van der Waals surface area (Å²) in [5.41, 5.74) is 2.76. The fourth-order valence-corrected chi connectivity index (χ4v) is 2.56. The van der Waals surface area contributed by atoms with E-state index in [4.69, 9.17) is 5.41 Å². The van der Waals surface area contributed by atoms with Gasteiger partial charge in [-0.2, -0.15) is 0 Å². The Morgan fingerprint density at radius 2 is 2.00 bits per heavy atom. The molecule has 1 fully saturated rings. The van der Waals surface area contributed by atoms with E-state index in [2.05, 4.69) is 35.9 Å². The van der Waals surface area contributed by atoms with Gasteiger partial charge in [0.1, 0.15) is 17.3 Å². The summed E-state index contributed by atoms with van der Waals surface area (Å²) in [6.07, 6.45) is 8.01. The highest BCUT2D eigenvalue weighted by atomic mass is 15.1. The molecule has 130 valence electrons. The molecule has 1 saturated heterocycles. The lowest BCUT2D eigenvalue weighted by Crippen LogP contribution is -2.51. The second-order valence-electron chi connectivity index (χ2n) is 5.93. The van der Waals surface area contributed by atoms with E-state index in [1.807, 2.05) is 24.3 Å². The topological polar surface area (TPSA) is 112 Å². The van der Waals surface area contributed by atoms with Crippen LogP contribution < -0.4 is 16.0 Å². The molecule has 0 aromatic carbocycles. The van der Waals surface area contributed by atoms with E-state index >= 15 is 0 Å². The third-order valence-corrected chi connectivity index (χ3v) is 4.05. The third-order valence-electron chi connectivity index (χ3n) is 4.05. The van der Waals surface area contributed by atoms with Crippen LogP contribution in [0.2, 0.25) is 0 Å². The molecule has 1 aliphatic heterocycles. The fraction of sp³-hybridized carbons (Fsp3) is 0.167. The highest BCUT2D eigenvalue weighted by molar-refractivity contribution is 5.88. The zero-order valence-electron chi connectivity index (χ0n) is 14.0. The van der Waals surface area contributed by atoms with Gasteiger partial charge in [-0.3, -0.25) is 9.97 Å². The van der Waals surface area contributed by atoms with E-state index in [9.17, 15) is 0 Å². The summed E-state index contributed by atoms with van der Waals surface area (Å²) < 4.78 is 0. The number of aromatic nitrogens is 4. The Morgan fingerprint density at radius 3 is 2.73 bits per heavy atom. The van der Waals surface area contributed by atoms with E-state index in [-0.39, 0.29) is 0 Å². The quantitative estimate of drug-likeness (QED) is 0.505. The maximum absolute atomic E-state index is 7.59. The molecule has 4 N–H and O–H groups in total. The van der Waals surface area contributed by atoms with E-state index < -0.39 is 0 Å². The highest BCUT2D eigenvalue weighted by Gasteiger charge is 2.17. The van der Waals surface area contributed by atoms with Crippen LogP contribution in [0.25, 0.3) is 11.4 Å². The van der Waals surface area contributed by atoms with Crippen molar-refractivity contribution in [1.29, 1.82) is 5.41 Å². The van der Waals surface area contributed by atoms with E-state index in [0.29, 0.717) is 28.8 Å². The molecule has 4 rings (SSSR count). The molecule has 0 amide bonds. The molecule has 0 unspecified atom stereocenters. The van der Waals surface area contributed by atoms with Crippen LogP contribution in [-0.4, -0.2) is 45.3 Å². The Labute approximate surface area is 150 Å². The molecule has 8 nitrogen and oxygen atoms in total. The van der Waals surface area contributed by atoms with E-state index in [1.54, 1.807) is 24.8 Å². The van der Waals surface area contributed by atoms with Crippen LogP contribution in [0.1, 0.15) is 5.56 Å². The van der Waals surface area contributed by atoms with Gasteiger partial charge < -0.3 is 21.4 Å². The first kappa shape index (κ1) is 16.1. The maximum Gasteiger partial charge on any atom is 0.145 e. The van der Waals surface area contributed by atoms with Gasteiger partial charge in [0.25, 0.3) is 0 Å². The molecule has 0 spiro atoms. The Kier molecular flexibility index (Phi) is 4.48. The summed E-state index contributed by atoms with van der Waals surface area (Å²) in [5, 5.41) is 17.4. The predicted octanol–water partition coefficient (Wildman–Crippen LogP) is 2.06. The number of anilines is 3. The Balaban J connectivity index is 1.63. The summed E-state index contributed by atoms with van der Waals surface area (Å²) >= 11 is 0. The minimum Gasteiger partial charge on any atom is -0.363 e. The van der Waals surface area contributed by atoms with Crippen molar-refractivity contribution in [1.82, 2.24) is 25.3 Å². The first-order valence-corrected chi connectivity index (χ1v) is 8.30. The lowest BCUT2D eigenvalue weighted by atomic mass is 10.2. The molecule has 0 bridgehead atoms. The van der Waals surface area contributed by atoms with Crippen LogP contribution in [0.4, 0.5) is 17.3 Å². The summed E-state index contributed by atoms with van der Waals surface area (Å²) in [6, 6.07) is 7.86. The largest absolute Gasteiger partial charge is 0.363 e. The lowest BCUT2D eigenvalue weighted by Gasteiger charge is -2.28. The second-order valence-corrected chi connectivity index (χ2v) is 5.93. The molecule has 0 atom stereocenters. The summed E-state index contributed by atoms with van der Waals surface area (Å²) in [4.78, 5) is 17.6. The van der Waals surface area contributed by atoms with Crippen LogP contribution in [0.15, 0.2) is 49.1 Å². The molecule has 26 heavy (non-hydrogen) atoms. The molecule has 4 heterocycles. The lowest BCUT2D eigenvalue weighted by molar-refractivity contribution is 0.471. The number of nitrogens with zero attached hydrogens (tertiary/aromatic N) is 4. The van der Waals surface area contributed by atoms with Crippen molar-refractivity contribution in [2.24, 2.45) is 0 Å². The molecule has 0 saturated carbocycles. The van der Waals surface area contributed by atoms with Crippen molar-refractivity contribution in [3.05, 3.63) is 54.6 Å². The summed E-state index contributed by atoms with van der Waals surface area (Å²) in [6.45, 7) is 1.85. The van der Waals surface area contributed by atoms with Crippen LogP contribution in [0.5, 0.6) is 0 Å². The zero-order valence-corrected chi connectivity index (χ0v) is 14.0. The zero-order chi connectivity index (χ0) is 17.8. The Bertz CT molecular complexity index is 908. The van der Waals surface area contributed by atoms with Crippen molar-refractivity contribution in [2.75, 3.05) is 23.7 Å². The van der Waals surface area contributed by atoms with Gasteiger partial charge in [0.15, 0.2) is 0 Å². The second kappa shape index (κ2) is 7.24.